The molecule has 0 fully saturated rings. The third-order valence-electron chi connectivity index (χ3n) is 2.97. The Morgan fingerprint density at radius 2 is 1.29 bits per heavy atom. The first-order chi connectivity index (χ1) is 14.4. The Hall–Kier alpha value is -4.06. The Morgan fingerprint density at radius 1 is 0.871 bits per heavy atom. The molecule has 0 unspecified atom stereocenters. The molecule has 13 nitrogen and oxygen atoms in total. The van der Waals surface area contributed by atoms with Gasteiger partial charge < -0.3 is 21.4 Å². The number of aromatic amines is 2. The van der Waals surface area contributed by atoms with Gasteiger partial charge in [0.25, 0.3) is 0 Å². The molecule has 0 aliphatic carbocycles. The minimum Gasteiger partial charge on any atom is -0.351 e. The number of pyridine rings is 1. The van der Waals surface area contributed by atoms with Gasteiger partial charge in [-0.15, -0.1) is 0 Å². The maximum atomic E-state index is 10.6. The Morgan fingerprint density at radius 3 is 1.55 bits per heavy atom. The predicted octanol–water partition coefficient (Wildman–Crippen LogP) is 0.683. The average molecular weight is 472 g/mol. The molecular formula is C17H23N11NiO2. The van der Waals surface area contributed by atoms with E-state index < -0.39 is 12.1 Å². The van der Waals surface area contributed by atoms with Crippen molar-refractivity contribution in [2.75, 3.05) is 0 Å². The molecule has 168 valence electrons. The predicted molar refractivity (Wildman–Crippen MR) is 111 cm³/mol. The maximum Gasteiger partial charge on any atom is 0.332 e. The minimum atomic E-state index is -0.760. The first-order valence-corrected chi connectivity index (χ1v) is 8.43. The van der Waals surface area contributed by atoms with Crippen molar-refractivity contribution >= 4 is 23.5 Å². The number of hydrogen-bond donors (Lipinski definition) is 6. The molecule has 0 radical (unpaired) electrons. The second-order valence-electron chi connectivity index (χ2n) is 5.28. The largest absolute Gasteiger partial charge is 0.351 e. The third kappa shape index (κ3) is 12.9. The summed E-state index contributed by atoms with van der Waals surface area (Å²) in [7, 11) is 0. The molecule has 0 aliphatic heterocycles. The number of imidazole rings is 2. The van der Waals surface area contributed by atoms with E-state index in [9.17, 15) is 9.59 Å². The molecule has 8 N–H and O–H groups in total. The molecule has 31 heavy (non-hydrogen) atoms. The van der Waals surface area contributed by atoms with Crippen LogP contribution in [0.25, 0.3) is 0 Å². The van der Waals surface area contributed by atoms with Crippen LogP contribution in [-0.4, -0.2) is 48.4 Å². The Kier molecular flexibility index (Phi) is 13.7. The van der Waals surface area contributed by atoms with Crippen LogP contribution in [0.2, 0.25) is 0 Å². The number of nitrogens with one attached hydrogen (secondary N) is 4. The summed E-state index contributed by atoms with van der Waals surface area (Å²) in [5.41, 5.74) is 16.1. The van der Waals surface area contributed by atoms with Crippen LogP contribution in [0.5, 0.6) is 0 Å². The molecule has 0 saturated heterocycles. The van der Waals surface area contributed by atoms with Crippen LogP contribution in [0, 0.1) is 0 Å². The molecule has 0 spiro atoms. The van der Waals surface area contributed by atoms with E-state index in [4.69, 9.17) is 11.5 Å². The first-order valence-electron chi connectivity index (χ1n) is 8.43. The number of urea groups is 2. The van der Waals surface area contributed by atoms with Crippen molar-refractivity contribution in [3.8, 4) is 0 Å². The van der Waals surface area contributed by atoms with Gasteiger partial charge in [-0.25, -0.2) is 35.4 Å². The zero-order valence-electron chi connectivity index (χ0n) is 16.7. The summed E-state index contributed by atoms with van der Waals surface area (Å²) in [6, 6.07) is 3.64. The van der Waals surface area contributed by atoms with Crippen LogP contribution in [0.3, 0.4) is 0 Å². The molecule has 0 atom stereocenters. The summed E-state index contributed by atoms with van der Waals surface area (Å²) in [6.07, 6.45) is 10.2. The molecule has 3 aromatic rings. The van der Waals surface area contributed by atoms with E-state index in [1.807, 2.05) is 0 Å². The van der Waals surface area contributed by atoms with Gasteiger partial charge in [0.1, 0.15) is 0 Å². The summed E-state index contributed by atoms with van der Waals surface area (Å²) in [5.74, 6) is 0. The van der Waals surface area contributed by atoms with E-state index in [-0.39, 0.29) is 16.5 Å². The van der Waals surface area contributed by atoms with Gasteiger partial charge in [0, 0.05) is 41.3 Å². The fraction of sp³-hybridized carbons (Fsp3) is 0.118. The number of primary amides is 2. The van der Waals surface area contributed by atoms with Gasteiger partial charge in [-0.05, 0) is 26.0 Å². The number of aromatic nitrogens is 5. The van der Waals surface area contributed by atoms with Crippen molar-refractivity contribution in [3.05, 3.63) is 67.0 Å². The quantitative estimate of drug-likeness (QED) is 0.184. The van der Waals surface area contributed by atoms with Gasteiger partial charge in [-0.3, -0.25) is 0 Å². The molecular weight excluding hydrogens is 449 g/mol. The molecule has 0 aromatic carbocycles. The van der Waals surface area contributed by atoms with Crippen LogP contribution < -0.4 is 22.3 Å². The van der Waals surface area contributed by atoms with Crippen molar-refractivity contribution in [1.82, 2.24) is 35.8 Å². The summed E-state index contributed by atoms with van der Waals surface area (Å²) in [4.78, 5) is 38.3. The van der Waals surface area contributed by atoms with Crippen molar-refractivity contribution < 1.29 is 26.1 Å². The number of H-pyrrole nitrogens is 2. The number of nitrogens with two attached hydrogens (primary N) is 2. The number of hydrazone groups is 2. The van der Waals surface area contributed by atoms with E-state index in [0.717, 1.165) is 0 Å². The van der Waals surface area contributed by atoms with Crippen LogP contribution in [0.15, 0.2) is 65.8 Å². The Bertz CT molecular complexity index is 833. The summed E-state index contributed by atoms with van der Waals surface area (Å²) in [6.45, 7) is 3.33. The fourth-order valence-electron chi connectivity index (χ4n) is 1.66. The zero-order chi connectivity index (χ0) is 22.2. The van der Waals surface area contributed by atoms with Gasteiger partial charge in [0.15, 0.2) is 0 Å². The first kappa shape index (κ1) is 26.9. The van der Waals surface area contributed by atoms with E-state index in [0.29, 0.717) is 22.8 Å². The van der Waals surface area contributed by atoms with Crippen molar-refractivity contribution in [3.63, 3.8) is 0 Å². The molecule has 4 amide bonds. The normalized spacial score (nSPS) is 10.3. The van der Waals surface area contributed by atoms with Gasteiger partial charge >= 0.3 is 12.1 Å². The van der Waals surface area contributed by atoms with Gasteiger partial charge in [0.05, 0.1) is 35.5 Å². The second kappa shape index (κ2) is 15.8. The van der Waals surface area contributed by atoms with Crippen LogP contribution in [-0.2, 0) is 16.5 Å². The second-order valence-corrected chi connectivity index (χ2v) is 5.28. The van der Waals surface area contributed by atoms with Crippen molar-refractivity contribution in [1.29, 1.82) is 0 Å². The SMILES string of the molecule is C/C(=N\NC(N)=O)c1cccc(/C(C)=N/NC(N)=O)n1.[Ni].c1c[nH]cn1.c1c[nH]cn1. The molecule has 0 aliphatic rings. The topological polar surface area (TPSA) is 205 Å². The van der Waals surface area contributed by atoms with Gasteiger partial charge in [-0.2, -0.15) is 10.2 Å². The monoisotopic (exact) mass is 471 g/mol. The van der Waals surface area contributed by atoms with E-state index >= 15 is 0 Å². The van der Waals surface area contributed by atoms with Crippen molar-refractivity contribution in [2.24, 2.45) is 21.7 Å². The van der Waals surface area contributed by atoms with E-state index in [1.54, 1.807) is 69.5 Å². The van der Waals surface area contributed by atoms with E-state index in [2.05, 4.69) is 46.0 Å². The number of nitrogens with zero attached hydrogens (tertiary/aromatic N) is 5. The van der Waals surface area contributed by atoms with Crippen molar-refractivity contribution in [2.45, 2.75) is 13.8 Å². The number of carbonyl (C=O) groups is 2. The molecule has 3 heterocycles. The number of hydrogen-bond acceptors (Lipinski definition) is 7. The molecule has 0 bridgehead atoms. The van der Waals surface area contributed by atoms with Crippen LogP contribution >= 0.6 is 0 Å². The van der Waals surface area contributed by atoms with Crippen LogP contribution in [0.1, 0.15) is 25.2 Å². The third-order valence-corrected chi connectivity index (χ3v) is 2.97. The minimum absolute atomic E-state index is 0. The number of amides is 4. The Labute approximate surface area is 188 Å². The maximum absolute atomic E-state index is 10.6. The van der Waals surface area contributed by atoms with Gasteiger partial charge in [-0.1, -0.05) is 6.07 Å². The number of carbonyl (C=O) groups excluding carboxylic acids is 2. The fourth-order valence-corrected chi connectivity index (χ4v) is 1.66. The molecule has 3 rings (SSSR count). The summed E-state index contributed by atoms with van der Waals surface area (Å²) < 4.78 is 0. The Balaban J connectivity index is 0.000000661. The standard InChI is InChI=1S/C11H15N7O2.2C3H4N2.Ni/c1-6(15-17-10(12)19)8-4-3-5-9(14-8)7(2)16-18-11(13)20;2*1-2-5-3-4-1;/h3-5H,1-2H3,(H3,12,17,19)(H3,13,18,20);2*1-3H,(H,4,5);/b15-6+,16-7+;;;. The molecule has 14 heteroatoms. The molecule has 0 saturated carbocycles. The zero-order valence-corrected chi connectivity index (χ0v) is 17.7. The molecule has 3 aromatic heterocycles. The summed E-state index contributed by atoms with van der Waals surface area (Å²) in [5, 5.41) is 7.54. The number of rotatable bonds is 4. The van der Waals surface area contributed by atoms with E-state index in [1.165, 1.54) is 0 Å². The average Bonchev–Trinajstić information content (AvgIpc) is 3.49. The van der Waals surface area contributed by atoms with Crippen LogP contribution in [0.4, 0.5) is 9.59 Å². The smallest absolute Gasteiger partial charge is 0.332 e. The summed E-state index contributed by atoms with van der Waals surface area (Å²) >= 11 is 0. The van der Waals surface area contributed by atoms with Gasteiger partial charge in [0.2, 0.25) is 0 Å².